The summed E-state index contributed by atoms with van der Waals surface area (Å²) in [4.78, 5) is 5.11. The van der Waals surface area contributed by atoms with E-state index in [4.69, 9.17) is 4.74 Å². The molecule has 1 fully saturated rings. The zero-order valence-corrected chi connectivity index (χ0v) is 10.7. The first-order valence-corrected chi connectivity index (χ1v) is 6.08. The van der Waals surface area contributed by atoms with Gasteiger partial charge in [-0.05, 0) is 12.8 Å². The second-order valence-electron chi connectivity index (χ2n) is 5.03. The largest absolute Gasteiger partial charge is 0.383 e. The van der Waals surface area contributed by atoms with Gasteiger partial charge in [0, 0.05) is 45.9 Å². The van der Waals surface area contributed by atoms with Crippen LogP contribution in [0.25, 0.3) is 0 Å². The highest BCUT2D eigenvalue weighted by molar-refractivity contribution is 4.79. The van der Waals surface area contributed by atoms with Crippen molar-refractivity contribution in [3.63, 3.8) is 0 Å². The van der Waals surface area contributed by atoms with Gasteiger partial charge in [0.2, 0.25) is 0 Å². The molecule has 1 unspecified atom stereocenters. The molecule has 0 aromatic carbocycles. The van der Waals surface area contributed by atoms with Gasteiger partial charge >= 0.3 is 0 Å². The van der Waals surface area contributed by atoms with Crippen molar-refractivity contribution in [1.29, 1.82) is 0 Å². The number of methoxy groups -OCH3 is 1. The average molecular weight is 214 g/mol. The van der Waals surface area contributed by atoms with Gasteiger partial charge in [0.15, 0.2) is 0 Å². The minimum atomic E-state index is 0.674. The molecule has 0 amide bonds. The molecule has 90 valence electrons. The Kier molecular flexibility index (Phi) is 5.58. The first-order chi connectivity index (χ1) is 7.13. The number of ether oxygens (including phenoxy) is 1. The van der Waals surface area contributed by atoms with Gasteiger partial charge < -0.3 is 9.64 Å². The normalized spacial score (nSPS) is 25.0. The van der Waals surface area contributed by atoms with E-state index in [1.807, 2.05) is 0 Å². The maximum atomic E-state index is 5.13. The van der Waals surface area contributed by atoms with Crippen molar-refractivity contribution in [3.8, 4) is 0 Å². The number of rotatable bonds is 5. The van der Waals surface area contributed by atoms with Gasteiger partial charge in [-0.25, -0.2) is 0 Å². The molecule has 0 radical (unpaired) electrons. The van der Waals surface area contributed by atoms with Crippen LogP contribution in [0.15, 0.2) is 0 Å². The van der Waals surface area contributed by atoms with Crippen LogP contribution in [-0.2, 0) is 4.74 Å². The fourth-order valence-corrected chi connectivity index (χ4v) is 2.29. The summed E-state index contributed by atoms with van der Waals surface area (Å²) >= 11 is 0. The number of nitrogens with zero attached hydrogens (tertiary/aromatic N) is 2. The summed E-state index contributed by atoms with van der Waals surface area (Å²) < 4.78 is 5.13. The summed E-state index contributed by atoms with van der Waals surface area (Å²) in [5, 5.41) is 0. The Hall–Kier alpha value is -0.120. The van der Waals surface area contributed by atoms with E-state index in [0.717, 1.165) is 19.1 Å². The molecule has 0 saturated carbocycles. The molecule has 0 aromatic rings. The van der Waals surface area contributed by atoms with Crippen molar-refractivity contribution in [1.82, 2.24) is 9.80 Å². The van der Waals surface area contributed by atoms with E-state index in [0.29, 0.717) is 6.04 Å². The van der Waals surface area contributed by atoms with Crippen molar-refractivity contribution in [2.24, 2.45) is 5.92 Å². The Morgan fingerprint density at radius 2 is 2.07 bits per heavy atom. The van der Waals surface area contributed by atoms with Gasteiger partial charge in [0.1, 0.15) is 0 Å². The van der Waals surface area contributed by atoms with Crippen LogP contribution in [-0.4, -0.2) is 62.3 Å². The summed E-state index contributed by atoms with van der Waals surface area (Å²) in [6.07, 6.45) is 0. The molecule has 1 aliphatic rings. The van der Waals surface area contributed by atoms with E-state index in [9.17, 15) is 0 Å². The quantitative estimate of drug-likeness (QED) is 0.686. The van der Waals surface area contributed by atoms with Crippen LogP contribution in [0.4, 0.5) is 0 Å². The van der Waals surface area contributed by atoms with E-state index >= 15 is 0 Å². The highest BCUT2D eigenvalue weighted by Crippen LogP contribution is 2.10. The highest BCUT2D eigenvalue weighted by atomic mass is 16.5. The van der Waals surface area contributed by atoms with Crippen molar-refractivity contribution in [2.45, 2.75) is 26.8 Å². The van der Waals surface area contributed by atoms with Crippen molar-refractivity contribution in [3.05, 3.63) is 0 Å². The van der Waals surface area contributed by atoms with Crippen LogP contribution in [0, 0.1) is 5.92 Å². The lowest BCUT2D eigenvalue weighted by atomic mass is 10.1. The SMILES string of the molecule is COCCN1CCN(CC(C)C)CC1C. The average Bonchev–Trinajstić information content (AvgIpc) is 2.15. The third-order valence-corrected chi connectivity index (χ3v) is 3.06. The Balaban J connectivity index is 2.27. The molecular formula is C12H26N2O. The fraction of sp³-hybridized carbons (Fsp3) is 1.00. The summed E-state index contributed by atoms with van der Waals surface area (Å²) in [5.41, 5.74) is 0. The summed E-state index contributed by atoms with van der Waals surface area (Å²) in [5.74, 6) is 0.780. The molecule has 15 heavy (non-hydrogen) atoms. The van der Waals surface area contributed by atoms with Gasteiger partial charge in [-0.15, -0.1) is 0 Å². The summed E-state index contributed by atoms with van der Waals surface area (Å²) in [7, 11) is 1.78. The molecule has 0 aromatic heterocycles. The van der Waals surface area contributed by atoms with Crippen LogP contribution in [0.2, 0.25) is 0 Å². The third kappa shape index (κ3) is 4.49. The van der Waals surface area contributed by atoms with Crippen LogP contribution < -0.4 is 0 Å². The first-order valence-electron chi connectivity index (χ1n) is 6.08. The second kappa shape index (κ2) is 6.46. The van der Waals surface area contributed by atoms with Crippen molar-refractivity contribution >= 4 is 0 Å². The Morgan fingerprint density at radius 1 is 1.33 bits per heavy atom. The van der Waals surface area contributed by atoms with Gasteiger partial charge in [-0.2, -0.15) is 0 Å². The predicted molar refractivity (Wildman–Crippen MR) is 64.2 cm³/mol. The minimum Gasteiger partial charge on any atom is -0.383 e. The Bertz CT molecular complexity index is 173. The van der Waals surface area contributed by atoms with Crippen LogP contribution >= 0.6 is 0 Å². The molecule has 3 nitrogen and oxygen atoms in total. The Labute approximate surface area is 94.4 Å². The first kappa shape index (κ1) is 12.9. The fourth-order valence-electron chi connectivity index (χ4n) is 2.29. The zero-order chi connectivity index (χ0) is 11.3. The molecule has 0 N–H and O–H groups in total. The van der Waals surface area contributed by atoms with E-state index in [1.165, 1.54) is 26.2 Å². The molecule has 1 atom stereocenters. The standard InChI is InChI=1S/C12H26N2O/c1-11(2)9-13-5-6-14(7-8-15-4)12(3)10-13/h11-12H,5-10H2,1-4H3. The minimum absolute atomic E-state index is 0.674. The highest BCUT2D eigenvalue weighted by Gasteiger charge is 2.23. The monoisotopic (exact) mass is 214 g/mol. The van der Waals surface area contributed by atoms with Gasteiger partial charge in [-0.3, -0.25) is 4.90 Å². The summed E-state index contributed by atoms with van der Waals surface area (Å²) in [6, 6.07) is 0.674. The molecule has 3 heteroatoms. The zero-order valence-electron chi connectivity index (χ0n) is 10.7. The molecule has 0 bridgehead atoms. The van der Waals surface area contributed by atoms with Gasteiger partial charge in [0.25, 0.3) is 0 Å². The van der Waals surface area contributed by atoms with Crippen LogP contribution in [0.5, 0.6) is 0 Å². The maximum absolute atomic E-state index is 5.13. The Morgan fingerprint density at radius 3 is 2.60 bits per heavy atom. The van der Waals surface area contributed by atoms with Gasteiger partial charge in [-0.1, -0.05) is 13.8 Å². The molecule has 0 aliphatic carbocycles. The van der Waals surface area contributed by atoms with Gasteiger partial charge in [0.05, 0.1) is 6.61 Å². The van der Waals surface area contributed by atoms with E-state index in [1.54, 1.807) is 7.11 Å². The number of hydrogen-bond acceptors (Lipinski definition) is 3. The molecular weight excluding hydrogens is 188 g/mol. The molecule has 1 aliphatic heterocycles. The topological polar surface area (TPSA) is 15.7 Å². The number of hydrogen-bond donors (Lipinski definition) is 0. The summed E-state index contributed by atoms with van der Waals surface area (Å²) in [6.45, 7) is 13.7. The number of piperazine rings is 1. The lowest BCUT2D eigenvalue weighted by Crippen LogP contribution is -2.53. The van der Waals surface area contributed by atoms with E-state index in [2.05, 4.69) is 30.6 Å². The van der Waals surface area contributed by atoms with E-state index in [-0.39, 0.29) is 0 Å². The molecule has 1 rings (SSSR count). The van der Waals surface area contributed by atoms with Crippen molar-refractivity contribution in [2.75, 3.05) is 46.4 Å². The molecule has 1 saturated heterocycles. The molecule has 0 spiro atoms. The lowest BCUT2D eigenvalue weighted by Gasteiger charge is -2.40. The van der Waals surface area contributed by atoms with E-state index < -0.39 is 0 Å². The van der Waals surface area contributed by atoms with Crippen LogP contribution in [0.3, 0.4) is 0 Å². The van der Waals surface area contributed by atoms with Crippen LogP contribution in [0.1, 0.15) is 20.8 Å². The maximum Gasteiger partial charge on any atom is 0.0589 e. The van der Waals surface area contributed by atoms with Crippen molar-refractivity contribution < 1.29 is 4.74 Å². The molecule has 1 heterocycles. The predicted octanol–water partition coefficient (Wildman–Crippen LogP) is 1.29. The lowest BCUT2D eigenvalue weighted by molar-refractivity contribution is 0.0542. The second-order valence-corrected chi connectivity index (χ2v) is 5.03. The smallest absolute Gasteiger partial charge is 0.0589 e. The third-order valence-electron chi connectivity index (χ3n) is 3.06.